The molecule has 1 fully saturated rings. The summed E-state index contributed by atoms with van der Waals surface area (Å²) in [6.07, 6.45) is 6.36. The standard InChI is InChI=1S/C21H21BrN6O2S/c1-23-31(29,30)16-6-4-13(9-16)10-19-25-12-17-20(22)27-28(21(17)26-19)15-5-7-18-14(11-15)3-2-8-24-18/h2-3,5,7-8,11-13,16,23H,4,6,9-10H2,1H3/t13-,16-/m1/s1. The fourth-order valence-electron chi connectivity index (χ4n) is 4.30. The Morgan fingerprint density at radius 3 is 2.94 bits per heavy atom. The van der Waals surface area contributed by atoms with Gasteiger partial charge in [0.15, 0.2) is 5.65 Å². The number of nitrogens with one attached hydrogen (secondary N) is 1. The second-order valence-electron chi connectivity index (χ2n) is 7.86. The van der Waals surface area contributed by atoms with Crippen LogP contribution in [-0.4, -0.2) is 45.4 Å². The first kappa shape index (κ1) is 20.5. The lowest BCUT2D eigenvalue weighted by atomic mass is 10.0. The predicted molar refractivity (Wildman–Crippen MR) is 122 cm³/mol. The van der Waals surface area contributed by atoms with Gasteiger partial charge < -0.3 is 0 Å². The van der Waals surface area contributed by atoms with Gasteiger partial charge in [-0.15, -0.1) is 0 Å². The van der Waals surface area contributed by atoms with E-state index in [1.165, 1.54) is 7.05 Å². The summed E-state index contributed by atoms with van der Waals surface area (Å²) in [5, 5.41) is 6.14. The lowest BCUT2D eigenvalue weighted by molar-refractivity contribution is 0.524. The third-order valence-corrected chi connectivity index (χ3v) is 8.41. The highest BCUT2D eigenvalue weighted by molar-refractivity contribution is 9.10. The third-order valence-electron chi connectivity index (χ3n) is 5.95. The van der Waals surface area contributed by atoms with Gasteiger partial charge in [0.1, 0.15) is 10.4 Å². The van der Waals surface area contributed by atoms with E-state index in [2.05, 4.69) is 35.7 Å². The van der Waals surface area contributed by atoms with Gasteiger partial charge in [-0.2, -0.15) is 5.10 Å². The van der Waals surface area contributed by atoms with Crippen molar-refractivity contribution in [3.63, 3.8) is 0 Å². The fourth-order valence-corrected chi connectivity index (χ4v) is 6.04. The van der Waals surface area contributed by atoms with Crippen LogP contribution in [0.25, 0.3) is 27.6 Å². The summed E-state index contributed by atoms with van der Waals surface area (Å²) in [5.74, 6) is 0.952. The molecular weight excluding hydrogens is 480 g/mol. The number of hydrogen-bond acceptors (Lipinski definition) is 6. The van der Waals surface area contributed by atoms with Crippen LogP contribution in [0.3, 0.4) is 0 Å². The number of aromatic nitrogens is 5. The highest BCUT2D eigenvalue weighted by atomic mass is 79.9. The van der Waals surface area contributed by atoms with Crippen molar-refractivity contribution >= 4 is 47.9 Å². The third kappa shape index (κ3) is 3.83. The minimum atomic E-state index is -3.23. The molecule has 0 spiro atoms. The lowest BCUT2D eigenvalue weighted by Gasteiger charge is -2.11. The van der Waals surface area contributed by atoms with E-state index in [0.717, 1.165) is 34.0 Å². The van der Waals surface area contributed by atoms with Crippen molar-refractivity contribution in [1.82, 2.24) is 29.5 Å². The molecule has 3 aromatic heterocycles. The summed E-state index contributed by atoms with van der Waals surface area (Å²) >= 11 is 3.52. The molecular formula is C21H21BrN6O2S. The second-order valence-corrected chi connectivity index (χ2v) is 10.8. The van der Waals surface area contributed by atoms with Crippen LogP contribution in [0.5, 0.6) is 0 Å². The molecule has 1 aliphatic rings. The van der Waals surface area contributed by atoms with E-state index in [1.54, 1.807) is 17.1 Å². The number of sulfonamides is 1. The Hall–Kier alpha value is -2.43. The Kier molecular flexibility index (Phi) is 5.23. The van der Waals surface area contributed by atoms with Gasteiger partial charge in [-0.1, -0.05) is 6.07 Å². The number of halogens is 1. The molecule has 1 saturated carbocycles. The van der Waals surface area contributed by atoms with Gasteiger partial charge in [-0.05, 0) is 72.4 Å². The topological polar surface area (TPSA) is 103 Å². The van der Waals surface area contributed by atoms with Crippen LogP contribution in [0, 0.1) is 5.92 Å². The van der Waals surface area contributed by atoms with Crippen molar-refractivity contribution in [2.24, 2.45) is 5.92 Å². The Labute approximate surface area is 188 Å². The summed E-state index contributed by atoms with van der Waals surface area (Å²) < 4.78 is 29.2. The summed E-state index contributed by atoms with van der Waals surface area (Å²) in [4.78, 5) is 13.7. The first-order valence-electron chi connectivity index (χ1n) is 10.1. The molecule has 3 heterocycles. The Morgan fingerprint density at radius 1 is 1.23 bits per heavy atom. The van der Waals surface area contributed by atoms with Gasteiger partial charge in [0.25, 0.3) is 0 Å². The van der Waals surface area contributed by atoms with Crippen molar-refractivity contribution in [3.05, 3.63) is 53.2 Å². The van der Waals surface area contributed by atoms with E-state index in [-0.39, 0.29) is 11.2 Å². The molecule has 1 aromatic carbocycles. The van der Waals surface area contributed by atoms with Crippen LogP contribution in [0.1, 0.15) is 25.1 Å². The van der Waals surface area contributed by atoms with Crippen LogP contribution in [0.2, 0.25) is 0 Å². The van der Waals surface area contributed by atoms with E-state index < -0.39 is 10.0 Å². The largest absolute Gasteiger partial charge is 0.256 e. The van der Waals surface area contributed by atoms with Gasteiger partial charge >= 0.3 is 0 Å². The van der Waals surface area contributed by atoms with E-state index in [1.807, 2.05) is 30.3 Å². The molecule has 1 aliphatic carbocycles. The quantitative estimate of drug-likeness (QED) is 0.450. The smallest absolute Gasteiger partial charge is 0.214 e. The Balaban J connectivity index is 1.47. The maximum atomic E-state index is 12.1. The zero-order valence-corrected chi connectivity index (χ0v) is 19.3. The van der Waals surface area contributed by atoms with E-state index in [9.17, 15) is 8.42 Å². The van der Waals surface area contributed by atoms with Crippen LogP contribution < -0.4 is 4.72 Å². The van der Waals surface area contributed by atoms with E-state index >= 15 is 0 Å². The molecule has 0 amide bonds. The maximum absolute atomic E-state index is 12.1. The molecule has 2 atom stereocenters. The minimum Gasteiger partial charge on any atom is -0.256 e. The number of fused-ring (bicyclic) bond motifs is 2. The van der Waals surface area contributed by atoms with Gasteiger partial charge in [-0.25, -0.2) is 27.8 Å². The maximum Gasteiger partial charge on any atom is 0.214 e. The van der Waals surface area contributed by atoms with Crippen LogP contribution in [-0.2, 0) is 16.4 Å². The van der Waals surface area contributed by atoms with Gasteiger partial charge in [0.05, 0.1) is 21.8 Å². The fraction of sp³-hybridized carbons (Fsp3) is 0.333. The second kappa shape index (κ2) is 7.92. The zero-order valence-electron chi connectivity index (χ0n) is 16.9. The van der Waals surface area contributed by atoms with Crippen LogP contribution in [0.4, 0.5) is 0 Å². The molecule has 0 radical (unpaired) electrons. The van der Waals surface area contributed by atoms with E-state index in [4.69, 9.17) is 4.98 Å². The first-order valence-corrected chi connectivity index (χ1v) is 12.5. The molecule has 160 valence electrons. The van der Waals surface area contributed by atoms with Crippen molar-refractivity contribution in [2.75, 3.05) is 7.05 Å². The zero-order chi connectivity index (χ0) is 21.6. The molecule has 4 aromatic rings. The first-order chi connectivity index (χ1) is 14.9. The number of benzene rings is 1. The summed E-state index contributed by atoms with van der Waals surface area (Å²) in [5.41, 5.74) is 2.53. The van der Waals surface area contributed by atoms with Crippen LogP contribution in [0.15, 0.2) is 47.3 Å². The summed E-state index contributed by atoms with van der Waals surface area (Å²) in [6, 6.07) is 9.90. The number of rotatable bonds is 5. The number of hydrogen-bond donors (Lipinski definition) is 1. The molecule has 0 saturated heterocycles. The molecule has 1 N–H and O–H groups in total. The number of pyridine rings is 1. The summed E-state index contributed by atoms with van der Waals surface area (Å²) in [7, 11) is -1.76. The Morgan fingerprint density at radius 2 is 2.10 bits per heavy atom. The average Bonchev–Trinajstić information content (AvgIpc) is 3.38. The SMILES string of the molecule is CNS(=O)(=O)[C@@H]1CC[C@@H](Cc2ncc3c(Br)nn(-c4ccc5ncccc5c4)c3n2)C1. The molecule has 0 aliphatic heterocycles. The lowest BCUT2D eigenvalue weighted by Crippen LogP contribution is -2.30. The van der Waals surface area contributed by atoms with Crippen molar-refractivity contribution < 1.29 is 8.42 Å². The molecule has 0 unspecified atom stereocenters. The van der Waals surface area contributed by atoms with Gasteiger partial charge in [0, 0.05) is 24.2 Å². The minimum absolute atomic E-state index is 0.247. The van der Waals surface area contributed by atoms with Gasteiger partial charge in [0.2, 0.25) is 10.0 Å². The molecule has 10 heteroatoms. The molecule has 0 bridgehead atoms. The van der Waals surface area contributed by atoms with Gasteiger partial charge in [-0.3, -0.25) is 4.98 Å². The highest BCUT2D eigenvalue weighted by Crippen LogP contribution is 2.32. The van der Waals surface area contributed by atoms with Crippen molar-refractivity contribution in [3.8, 4) is 5.69 Å². The van der Waals surface area contributed by atoms with E-state index in [0.29, 0.717) is 29.7 Å². The predicted octanol–water partition coefficient (Wildman–Crippen LogP) is 3.39. The Bertz CT molecular complexity index is 1390. The normalized spacial score (nSPS) is 19.4. The highest BCUT2D eigenvalue weighted by Gasteiger charge is 2.33. The molecule has 5 rings (SSSR count). The molecule has 8 nitrogen and oxygen atoms in total. The molecule has 31 heavy (non-hydrogen) atoms. The van der Waals surface area contributed by atoms with Crippen LogP contribution >= 0.6 is 15.9 Å². The number of nitrogens with zero attached hydrogens (tertiary/aromatic N) is 5. The monoisotopic (exact) mass is 500 g/mol. The van der Waals surface area contributed by atoms with Crippen molar-refractivity contribution in [1.29, 1.82) is 0 Å². The van der Waals surface area contributed by atoms with Crippen molar-refractivity contribution in [2.45, 2.75) is 30.9 Å². The summed E-state index contributed by atoms with van der Waals surface area (Å²) in [6.45, 7) is 0. The average molecular weight is 501 g/mol.